The Kier molecular flexibility index (Phi) is 59.9. The van der Waals surface area contributed by atoms with E-state index in [1.807, 2.05) is 0 Å². The van der Waals surface area contributed by atoms with Crippen molar-refractivity contribution < 1.29 is 89.4 Å². The molecule has 0 aromatic rings. The summed E-state index contributed by atoms with van der Waals surface area (Å²) in [6.45, 7) is 1.85. The average Bonchev–Trinajstić information content (AvgIpc) is 0.781. The topological polar surface area (TPSA) is 307 Å². The van der Waals surface area contributed by atoms with E-state index in [0.29, 0.717) is 12.8 Å². The maximum absolute atomic E-state index is 13.5. The number of aliphatic hydroxyl groups excluding tert-OH is 11. The molecule has 19 nitrogen and oxygen atoms in total. The second-order valence-corrected chi connectivity index (χ2v) is 30.7. The minimum Gasteiger partial charge on any atom is -0.394 e. The minimum atomic E-state index is -1.97. The first-order valence-corrected chi connectivity index (χ1v) is 42.7. The van der Waals surface area contributed by atoms with Crippen LogP contribution in [0.4, 0.5) is 0 Å². The van der Waals surface area contributed by atoms with Crippen LogP contribution >= 0.6 is 0 Å². The van der Waals surface area contributed by atoms with Crippen LogP contribution in [0.5, 0.6) is 0 Å². The van der Waals surface area contributed by atoms with Gasteiger partial charge in [0.2, 0.25) is 5.91 Å². The summed E-state index contributed by atoms with van der Waals surface area (Å²) in [5, 5.41) is 121. The summed E-state index contributed by atoms with van der Waals surface area (Å²) in [6, 6.07) is -0.887. The third kappa shape index (κ3) is 44.5. The molecule has 3 rings (SSSR count). The largest absolute Gasteiger partial charge is 0.394 e. The molecule has 0 aliphatic carbocycles. The zero-order valence-corrected chi connectivity index (χ0v) is 65.1. The standard InChI is InChI=1S/C84H157NO18/c1-3-5-7-9-11-13-15-17-19-21-23-25-27-28-29-30-31-32-33-34-35-36-37-38-40-42-44-46-48-50-52-54-56-58-60-62-72(90)85-67(68(89)61-59-57-55-53-51-49-47-45-43-41-39-26-24-22-20-18-16-14-12-10-8-6-4-2)66-98-82-78(96)75(93)80(70(64-87)100-82)103-84-79(97)76(94)81(71(65-88)101-84)102-83-77(95)74(92)73(91)69(63-86)99-83/h15,17,21,23,27-28,67-71,73-84,86-89,91-97H,3-14,16,18-20,22,24-26,29-66H2,1-2H3,(H,85,90)/b17-15-,23-21-,28-27-. The van der Waals surface area contributed by atoms with Crippen molar-refractivity contribution in [2.75, 3.05) is 26.4 Å². The number of hydrogen-bond donors (Lipinski definition) is 12. The van der Waals surface area contributed by atoms with Crippen molar-refractivity contribution in [3.05, 3.63) is 36.5 Å². The maximum atomic E-state index is 13.5. The summed E-state index contributed by atoms with van der Waals surface area (Å²) in [5.74, 6) is -0.235. The van der Waals surface area contributed by atoms with E-state index in [0.717, 1.165) is 57.8 Å². The lowest BCUT2D eigenvalue weighted by Gasteiger charge is -2.48. The van der Waals surface area contributed by atoms with Gasteiger partial charge in [0.15, 0.2) is 18.9 Å². The number of amides is 1. The Morgan fingerprint density at radius 2 is 0.641 bits per heavy atom. The lowest BCUT2D eigenvalue weighted by molar-refractivity contribution is -0.379. The molecular weight excluding hydrogens is 1310 g/mol. The Hall–Kier alpha value is -1.99. The molecule has 3 fully saturated rings. The highest BCUT2D eigenvalue weighted by atomic mass is 16.8. The van der Waals surface area contributed by atoms with E-state index in [9.17, 15) is 61.0 Å². The van der Waals surface area contributed by atoms with Crippen LogP contribution in [-0.4, -0.2) is 193 Å². The Balaban J connectivity index is 1.33. The molecule has 0 saturated carbocycles. The Morgan fingerprint density at radius 1 is 0.350 bits per heavy atom. The number of hydrogen-bond acceptors (Lipinski definition) is 18. The number of allylic oxidation sites excluding steroid dienone is 6. The van der Waals surface area contributed by atoms with Crippen molar-refractivity contribution in [1.29, 1.82) is 0 Å². The summed E-state index contributed by atoms with van der Waals surface area (Å²) in [4.78, 5) is 13.5. The van der Waals surface area contributed by atoms with Gasteiger partial charge in [-0.05, 0) is 51.4 Å². The third-order valence-electron chi connectivity index (χ3n) is 21.5. The third-order valence-corrected chi connectivity index (χ3v) is 21.5. The van der Waals surface area contributed by atoms with Crippen LogP contribution in [0.1, 0.15) is 361 Å². The number of ether oxygens (including phenoxy) is 6. The maximum Gasteiger partial charge on any atom is 0.220 e. The fraction of sp³-hybridized carbons (Fsp3) is 0.917. The van der Waals surface area contributed by atoms with Crippen molar-refractivity contribution in [3.63, 3.8) is 0 Å². The van der Waals surface area contributed by atoms with Crippen LogP contribution < -0.4 is 5.32 Å². The fourth-order valence-corrected chi connectivity index (χ4v) is 14.6. The molecule has 0 bridgehead atoms. The zero-order chi connectivity index (χ0) is 74.6. The van der Waals surface area contributed by atoms with Crippen LogP contribution in [0.2, 0.25) is 0 Å². The molecule has 3 aliphatic heterocycles. The van der Waals surface area contributed by atoms with E-state index in [1.54, 1.807) is 0 Å². The van der Waals surface area contributed by atoms with Gasteiger partial charge in [-0.1, -0.05) is 339 Å². The first kappa shape index (κ1) is 95.2. The normalized spacial score (nSPS) is 26.2. The summed E-state index contributed by atoms with van der Waals surface area (Å²) >= 11 is 0. The van der Waals surface area contributed by atoms with Gasteiger partial charge in [-0.3, -0.25) is 4.79 Å². The van der Waals surface area contributed by atoms with Crippen molar-refractivity contribution in [2.45, 2.75) is 465 Å². The van der Waals surface area contributed by atoms with Gasteiger partial charge in [0.25, 0.3) is 0 Å². The smallest absolute Gasteiger partial charge is 0.220 e. The second-order valence-electron chi connectivity index (χ2n) is 30.7. The molecule has 19 heteroatoms. The van der Waals surface area contributed by atoms with E-state index in [-0.39, 0.29) is 18.9 Å². The van der Waals surface area contributed by atoms with Crippen molar-refractivity contribution >= 4 is 5.91 Å². The molecule has 12 N–H and O–H groups in total. The van der Waals surface area contributed by atoms with Crippen molar-refractivity contribution in [2.24, 2.45) is 0 Å². The highest BCUT2D eigenvalue weighted by Crippen LogP contribution is 2.33. The molecule has 0 spiro atoms. The summed E-state index contributed by atoms with van der Waals surface area (Å²) < 4.78 is 34.6. The lowest BCUT2D eigenvalue weighted by Crippen LogP contribution is -2.66. The second kappa shape index (κ2) is 64.8. The molecule has 0 radical (unpaired) electrons. The molecule has 1 amide bonds. The van der Waals surface area contributed by atoms with E-state index >= 15 is 0 Å². The van der Waals surface area contributed by atoms with Crippen LogP contribution in [0.3, 0.4) is 0 Å². The van der Waals surface area contributed by atoms with E-state index in [2.05, 4.69) is 55.6 Å². The molecule has 17 atom stereocenters. The highest BCUT2D eigenvalue weighted by Gasteiger charge is 2.54. The van der Waals surface area contributed by atoms with Gasteiger partial charge in [-0.2, -0.15) is 0 Å². The lowest BCUT2D eigenvalue weighted by atomic mass is 9.96. The quantitative estimate of drug-likeness (QED) is 0.0199. The molecule has 606 valence electrons. The molecule has 17 unspecified atom stereocenters. The van der Waals surface area contributed by atoms with Crippen LogP contribution in [-0.2, 0) is 33.2 Å². The van der Waals surface area contributed by atoms with Gasteiger partial charge in [0.05, 0.1) is 38.6 Å². The number of unbranched alkanes of at least 4 members (excludes halogenated alkanes) is 47. The minimum absolute atomic E-state index is 0.235. The number of carbonyl (C=O) groups excluding carboxylic acids is 1. The Morgan fingerprint density at radius 3 is 1.00 bits per heavy atom. The first-order chi connectivity index (χ1) is 50.3. The van der Waals surface area contributed by atoms with Gasteiger partial charge in [0, 0.05) is 6.42 Å². The van der Waals surface area contributed by atoms with Gasteiger partial charge in [-0.15, -0.1) is 0 Å². The molecule has 103 heavy (non-hydrogen) atoms. The summed E-state index contributed by atoms with van der Waals surface area (Å²) in [6.07, 6.45) is 53.8. The average molecular weight is 1470 g/mol. The number of nitrogens with one attached hydrogen (secondary N) is 1. The molecule has 0 aromatic carbocycles. The molecule has 0 aromatic heterocycles. The van der Waals surface area contributed by atoms with Gasteiger partial charge in [0.1, 0.15) is 73.2 Å². The molecule has 3 heterocycles. The van der Waals surface area contributed by atoms with Crippen LogP contribution in [0, 0.1) is 0 Å². The van der Waals surface area contributed by atoms with Crippen LogP contribution in [0.25, 0.3) is 0 Å². The zero-order valence-electron chi connectivity index (χ0n) is 65.1. The molecular formula is C84H157NO18. The fourth-order valence-electron chi connectivity index (χ4n) is 14.6. The van der Waals surface area contributed by atoms with Crippen molar-refractivity contribution in [1.82, 2.24) is 5.32 Å². The number of rotatable bonds is 69. The van der Waals surface area contributed by atoms with Gasteiger partial charge >= 0.3 is 0 Å². The highest BCUT2D eigenvalue weighted by molar-refractivity contribution is 5.76. The van der Waals surface area contributed by atoms with E-state index in [4.69, 9.17) is 28.4 Å². The summed E-state index contributed by atoms with van der Waals surface area (Å²) in [5.41, 5.74) is 0. The first-order valence-electron chi connectivity index (χ1n) is 42.7. The number of aliphatic hydroxyl groups is 11. The molecule has 3 aliphatic rings. The predicted molar refractivity (Wildman–Crippen MR) is 411 cm³/mol. The van der Waals surface area contributed by atoms with E-state index < -0.39 is 124 Å². The predicted octanol–water partition coefficient (Wildman–Crippen LogP) is 15.1. The summed E-state index contributed by atoms with van der Waals surface area (Å²) in [7, 11) is 0. The Labute approximate surface area is 625 Å². The van der Waals surface area contributed by atoms with Crippen molar-refractivity contribution in [3.8, 4) is 0 Å². The molecule has 3 saturated heterocycles. The Bertz CT molecular complexity index is 2000. The van der Waals surface area contributed by atoms with Gasteiger partial charge < -0.3 is 89.9 Å². The monoisotopic (exact) mass is 1470 g/mol. The van der Waals surface area contributed by atoms with E-state index in [1.165, 1.54) is 270 Å². The van der Waals surface area contributed by atoms with Gasteiger partial charge in [-0.25, -0.2) is 0 Å². The SMILES string of the molecule is CCCCCCC/C=C\C/C=C\C/C=C\CCCCCCCCCCCCCCCCCCCCCCC(=O)NC(COC1OC(CO)C(OC2OC(CO)C(OC3OC(CO)C(O)C(O)C3O)C(O)C2O)C(O)C1O)C(O)CCCCCCCCCCCCCCCCCCCCCCCCC. The van der Waals surface area contributed by atoms with Crippen LogP contribution in [0.15, 0.2) is 36.5 Å². The number of carbonyl (C=O) groups is 1.